The first-order valence-corrected chi connectivity index (χ1v) is 11.6. The maximum atomic E-state index is 13.0. The summed E-state index contributed by atoms with van der Waals surface area (Å²) in [4.78, 5) is 29.2. The molecule has 0 bridgehead atoms. The predicted octanol–water partition coefficient (Wildman–Crippen LogP) is 5.57. The van der Waals surface area contributed by atoms with E-state index in [2.05, 4.69) is 10.1 Å². The Bertz CT molecular complexity index is 1160. The van der Waals surface area contributed by atoms with Gasteiger partial charge < -0.3 is 5.11 Å². The lowest BCUT2D eigenvalue weighted by Crippen LogP contribution is -2.19. The zero-order valence-electron chi connectivity index (χ0n) is 18.9. The minimum atomic E-state index is -0.943. The number of Topliss-reactive ketones (excluding diaryl/α,β-unsaturated/α-hetero) is 1. The number of benzene rings is 2. The third kappa shape index (κ3) is 5.28. The number of aromatic nitrogens is 3. The Balaban J connectivity index is 1.57. The first-order chi connectivity index (χ1) is 16.1. The van der Waals surface area contributed by atoms with Crippen molar-refractivity contribution < 1.29 is 14.7 Å². The summed E-state index contributed by atoms with van der Waals surface area (Å²) in [6.45, 7) is 2.53. The highest BCUT2D eigenvalue weighted by Gasteiger charge is 2.26. The molecule has 6 nitrogen and oxygen atoms in total. The minimum absolute atomic E-state index is 0.0396. The molecule has 2 aromatic carbocycles. The van der Waals surface area contributed by atoms with E-state index < -0.39 is 5.97 Å². The summed E-state index contributed by atoms with van der Waals surface area (Å²) in [5.74, 6) is 0.245. The van der Waals surface area contributed by atoms with Gasteiger partial charge in [0, 0.05) is 12.3 Å². The third-order valence-electron chi connectivity index (χ3n) is 6.24. The smallest absolute Gasteiger partial charge is 0.336 e. The van der Waals surface area contributed by atoms with Crippen LogP contribution < -0.4 is 0 Å². The number of aromatic carboxylic acids is 1. The molecule has 1 fully saturated rings. The average molecular weight is 444 g/mol. The molecular formula is C27H29N3O3. The first kappa shape index (κ1) is 22.6. The number of allylic oxidation sites excluding steroid dienone is 2. The van der Waals surface area contributed by atoms with E-state index in [1.807, 2.05) is 60.2 Å². The van der Waals surface area contributed by atoms with Crippen molar-refractivity contribution in [2.45, 2.75) is 52.0 Å². The summed E-state index contributed by atoms with van der Waals surface area (Å²) in [7, 11) is 0. The van der Waals surface area contributed by atoms with Crippen LogP contribution in [0.4, 0.5) is 0 Å². The number of rotatable bonds is 8. The predicted molar refractivity (Wildman–Crippen MR) is 127 cm³/mol. The van der Waals surface area contributed by atoms with Crippen LogP contribution in [0.3, 0.4) is 0 Å². The number of nitrogens with zero attached hydrogens (tertiary/aromatic N) is 3. The molecule has 0 aliphatic heterocycles. The fraction of sp³-hybridized carbons (Fsp3) is 0.333. The largest absolute Gasteiger partial charge is 0.478 e. The van der Waals surface area contributed by atoms with Gasteiger partial charge in [-0.1, -0.05) is 73.9 Å². The molecule has 1 aliphatic rings. The van der Waals surface area contributed by atoms with Crippen LogP contribution in [-0.2, 0) is 13.0 Å². The van der Waals surface area contributed by atoms with Gasteiger partial charge in [-0.3, -0.25) is 4.79 Å². The number of ketones is 1. The van der Waals surface area contributed by atoms with E-state index in [9.17, 15) is 14.7 Å². The van der Waals surface area contributed by atoms with Gasteiger partial charge in [0.1, 0.15) is 5.82 Å². The molecule has 33 heavy (non-hydrogen) atoms. The van der Waals surface area contributed by atoms with Crippen molar-refractivity contribution in [1.82, 2.24) is 14.8 Å². The van der Waals surface area contributed by atoms with E-state index in [0.717, 1.165) is 42.6 Å². The number of carbonyl (C=O) groups is 2. The van der Waals surface area contributed by atoms with Gasteiger partial charge in [0.15, 0.2) is 0 Å². The quantitative estimate of drug-likeness (QED) is 0.363. The summed E-state index contributed by atoms with van der Waals surface area (Å²) in [5.41, 5.74) is 2.84. The fourth-order valence-electron chi connectivity index (χ4n) is 4.41. The van der Waals surface area contributed by atoms with Gasteiger partial charge in [-0.05, 0) is 42.5 Å². The van der Waals surface area contributed by atoms with Gasteiger partial charge in [-0.25, -0.2) is 14.5 Å². The molecule has 0 amide bonds. The lowest BCUT2D eigenvalue weighted by atomic mass is 9.86. The van der Waals surface area contributed by atoms with Crippen molar-refractivity contribution in [1.29, 1.82) is 0 Å². The van der Waals surface area contributed by atoms with Crippen LogP contribution in [0.25, 0.3) is 11.1 Å². The maximum Gasteiger partial charge on any atom is 0.336 e. The molecule has 4 rings (SSSR count). The zero-order valence-corrected chi connectivity index (χ0v) is 18.9. The van der Waals surface area contributed by atoms with Gasteiger partial charge in [-0.2, -0.15) is 0 Å². The monoisotopic (exact) mass is 443 g/mol. The lowest BCUT2D eigenvalue weighted by Gasteiger charge is -2.18. The molecular weight excluding hydrogens is 414 g/mol. The number of hydrogen-bond donors (Lipinski definition) is 1. The highest BCUT2D eigenvalue weighted by Crippen LogP contribution is 2.27. The summed E-state index contributed by atoms with van der Waals surface area (Å²) in [5, 5.41) is 14.0. The Labute approximate surface area is 194 Å². The van der Waals surface area contributed by atoms with Gasteiger partial charge >= 0.3 is 5.97 Å². The lowest BCUT2D eigenvalue weighted by molar-refractivity contribution is 0.0697. The molecule has 1 aromatic heterocycles. The molecule has 1 aliphatic carbocycles. The molecule has 0 spiro atoms. The second-order valence-corrected chi connectivity index (χ2v) is 8.53. The highest BCUT2D eigenvalue weighted by atomic mass is 16.4. The van der Waals surface area contributed by atoms with Crippen molar-refractivity contribution in [2.24, 2.45) is 5.92 Å². The standard InChI is InChI=1S/C27H29N3O3/c1-2-3-17-30-24(28-26(29-30)25(31)21-9-5-4-6-10-21)18-19-13-15-20(16-14-19)22-11-7-8-12-23(22)27(32)33/h2-3,7-8,11-16,21H,4-6,9-10,17-18H2,1H3,(H,32,33). The van der Waals surface area contributed by atoms with E-state index >= 15 is 0 Å². The van der Waals surface area contributed by atoms with Crippen LogP contribution >= 0.6 is 0 Å². The Morgan fingerprint density at radius 2 is 1.79 bits per heavy atom. The van der Waals surface area contributed by atoms with Crippen molar-refractivity contribution in [2.75, 3.05) is 0 Å². The molecule has 0 radical (unpaired) electrons. The van der Waals surface area contributed by atoms with Crippen LogP contribution in [-0.4, -0.2) is 31.6 Å². The SMILES string of the molecule is CC=CCn1nc(C(=O)C2CCCCC2)nc1Cc1ccc(-c2ccccc2C(=O)O)cc1. The molecule has 6 heteroatoms. The number of hydrogen-bond acceptors (Lipinski definition) is 4. The molecule has 3 aromatic rings. The summed E-state index contributed by atoms with van der Waals surface area (Å²) in [6, 6.07) is 14.8. The molecule has 0 atom stereocenters. The zero-order chi connectivity index (χ0) is 23.2. The average Bonchev–Trinajstić information content (AvgIpc) is 3.25. The first-order valence-electron chi connectivity index (χ1n) is 11.6. The van der Waals surface area contributed by atoms with Gasteiger partial charge in [-0.15, -0.1) is 5.10 Å². The van der Waals surface area contributed by atoms with Gasteiger partial charge in [0.05, 0.1) is 12.1 Å². The second kappa shape index (κ2) is 10.4. The van der Waals surface area contributed by atoms with E-state index in [4.69, 9.17) is 0 Å². The Morgan fingerprint density at radius 3 is 2.48 bits per heavy atom. The molecule has 0 unspecified atom stereocenters. The Hall–Kier alpha value is -3.54. The third-order valence-corrected chi connectivity index (χ3v) is 6.24. The fourth-order valence-corrected chi connectivity index (χ4v) is 4.41. The minimum Gasteiger partial charge on any atom is -0.478 e. The number of carboxylic acid groups (broad SMARTS) is 1. The van der Waals surface area contributed by atoms with Gasteiger partial charge in [0.2, 0.25) is 11.6 Å². The van der Waals surface area contributed by atoms with E-state index in [-0.39, 0.29) is 17.3 Å². The highest BCUT2D eigenvalue weighted by molar-refractivity contribution is 5.96. The van der Waals surface area contributed by atoms with Gasteiger partial charge in [0.25, 0.3) is 0 Å². The van der Waals surface area contributed by atoms with Crippen LogP contribution in [0.2, 0.25) is 0 Å². The van der Waals surface area contributed by atoms with Crippen LogP contribution in [0.1, 0.15) is 71.4 Å². The number of carboxylic acids is 1. The Kier molecular flexibility index (Phi) is 7.13. The second-order valence-electron chi connectivity index (χ2n) is 8.53. The molecule has 170 valence electrons. The molecule has 1 heterocycles. The Morgan fingerprint density at radius 1 is 1.06 bits per heavy atom. The maximum absolute atomic E-state index is 13.0. The summed E-state index contributed by atoms with van der Waals surface area (Å²) < 4.78 is 1.81. The van der Waals surface area contributed by atoms with Crippen molar-refractivity contribution in [3.8, 4) is 11.1 Å². The summed E-state index contributed by atoms with van der Waals surface area (Å²) >= 11 is 0. The molecule has 1 saturated carbocycles. The van der Waals surface area contributed by atoms with Crippen LogP contribution in [0.5, 0.6) is 0 Å². The topological polar surface area (TPSA) is 85.1 Å². The summed E-state index contributed by atoms with van der Waals surface area (Å²) in [6.07, 6.45) is 9.75. The van der Waals surface area contributed by atoms with Crippen LogP contribution in [0, 0.1) is 5.92 Å². The molecule has 1 N–H and O–H groups in total. The normalized spacial score (nSPS) is 14.6. The van der Waals surface area contributed by atoms with Crippen molar-refractivity contribution in [3.05, 3.63) is 83.5 Å². The van der Waals surface area contributed by atoms with Crippen LogP contribution in [0.15, 0.2) is 60.7 Å². The van der Waals surface area contributed by atoms with Crippen molar-refractivity contribution >= 4 is 11.8 Å². The van der Waals surface area contributed by atoms with E-state index in [1.165, 1.54) is 6.42 Å². The van der Waals surface area contributed by atoms with E-state index in [1.54, 1.807) is 12.1 Å². The van der Waals surface area contributed by atoms with E-state index in [0.29, 0.717) is 24.4 Å². The number of carbonyl (C=O) groups excluding carboxylic acids is 1. The van der Waals surface area contributed by atoms with Crippen molar-refractivity contribution in [3.63, 3.8) is 0 Å². The molecule has 0 saturated heterocycles.